The zero-order valence-corrected chi connectivity index (χ0v) is 21.0. The first-order chi connectivity index (χ1) is 16.6. The van der Waals surface area contributed by atoms with Crippen LogP contribution in [0, 0.1) is 0 Å². The topological polar surface area (TPSA) is 69.5 Å². The summed E-state index contributed by atoms with van der Waals surface area (Å²) < 4.78 is 1.76. The summed E-state index contributed by atoms with van der Waals surface area (Å²) in [6.07, 6.45) is 9.71. The predicted molar refractivity (Wildman–Crippen MR) is 136 cm³/mol. The van der Waals surface area contributed by atoms with Crippen molar-refractivity contribution < 1.29 is 4.79 Å². The molecule has 0 bridgehead atoms. The van der Waals surface area contributed by atoms with E-state index in [4.69, 9.17) is 4.98 Å². The molecule has 5 heterocycles. The Morgan fingerprint density at radius 2 is 1.74 bits per heavy atom. The highest BCUT2D eigenvalue weighted by Gasteiger charge is 2.26. The SMILES string of the molecule is CC1CCCN1CCN1CCC(NC(=O)c2nn(C)c3nc(N4CCCCCC4)ccc23)CC1. The van der Waals surface area contributed by atoms with E-state index in [0.717, 1.165) is 68.5 Å². The zero-order chi connectivity index (χ0) is 23.5. The molecule has 2 aromatic rings. The number of piperidine rings is 1. The molecule has 1 unspecified atom stereocenters. The monoisotopic (exact) mass is 467 g/mol. The summed E-state index contributed by atoms with van der Waals surface area (Å²) in [5, 5.41) is 8.67. The lowest BCUT2D eigenvalue weighted by molar-refractivity contribution is 0.0902. The number of likely N-dealkylation sites (tertiary alicyclic amines) is 2. The number of aryl methyl sites for hydroxylation is 1. The number of amides is 1. The number of fused-ring (bicyclic) bond motifs is 1. The van der Waals surface area contributed by atoms with Crippen molar-refractivity contribution in [3.63, 3.8) is 0 Å². The lowest BCUT2D eigenvalue weighted by Crippen LogP contribution is -2.46. The van der Waals surface area contributed by atoms with Gasteiger partial charge in [0.25, 0.3) is 5.91 Å². The van der Waals surface area contributed by atoms with Crippen LogP contribution in [0.4, 0.5) is 5.82 Å². The van der Waals surface area contributed by atoms with Crippen molar-refractivity contribution in [2.75, 3.05) is 50.7 Å². The Balaban J connectivity index is 1.17. The second kappa shape index (κ2) is 10.6. The highest BCUT2D eigenvalue weighted by atomic mass is 16.2. The number of anilines is 1. The average molecular weight is 468 g/mol. The van der Waals surface area contributed by atoms with E-state index in [0.29, 0.717) is 5.69 Å². The van der Waals surface area contributed by atoms with Gasteiger partial charge in [-0.15, -0.1) is 0 Å². The number of carbonyl (C=O) groups excluding carboxylic acids is 1. The van der Waals surface area contributed by atoms with Crippen LogP contribution in [-0.4, -0.2) is 88.4 Å². The molecule has 2 aromatic heterocycles. The molecule has 3 aliphatic heterocycles. The Hall–Kier alpha value is -2.19. The van der Waals surface area contributed by atoms with E-state index in [1.807, 2.05) is 13.1 Å². The van der Waals surface area contributed by atoms with Gasteiger partial charge in [-0.3, -0.25) is 9.69 Å². The van der Waals surface area contributed by atoms with Gasteiger partial charge in [-0.2, -0.15) is 5.10 Å². The number of aromatic nitrogens is 3. The van der Waals surface area contributed by atoms with Gasteiger partial charge in [-0.25, -0.2) is 9.67 Å². The van der Waals surface area contributed by atoms with Crippen LogP contribution < -0.4 is 10.2 Å². The molecule has 8 nitrogen and oxygen atoms in total. The summed E-state index contributed by atoms with van der Waals surface area (Å²) in [5.74, 6) is 0.930. The highest BCUT2D eigenvalue weighted by Crippen LogP contribution is 2.24. The number of hydrogen-bond donors (Lipinski definition) is 1. The van der Waals surface area contributed by atoms with Crippen LogP contribution in [0.2, 0.25) is 0 Å². The molecule has 8 heteroatoms. The quantitative estimate of drug-likeness (QED) is 0.704. The lowest BCUT2D eigenvalue weighted by atomic mass is 10.0. The molecule has 3 saturated heterocycles. The molecular weight excluding hydrogens is 426 g/mol. The van der Waals surface area contributed by atoms with E-state index >= 15 is 0 Å². The van der Waals surface area contributed by atoms with E-state index in [1.54, 1.807) is 4.68 Å². The molecule has 0 aromatic carbocycles. The molecule has 0 aliphatic carbocycles. The fourth-order valence-corrected chi connectivity index (χ4v) is 5.91. The molecule has 34 heavy (non-hydrogen) atoms. The molecule has 0 radical (unpaired) electrons. The third-order valence-electron chi connectivity index (χ3n) is 8.13. The molecule has 0 spiro atoms. The molecule has 1 amide bonds. The number of rotatable bonds is 6. The Bertz CT molecular complexity index is 973. The second-order valence-corrected chi connectivity index (χ2v) is 10.5. The van der Waals surface area contributed by atoms with Gasteiger partial charge >= 0.3 is 0 Å². The average Bonchev–Trinajstić information content (AvgIpc) is 3.28. The Kier molecular flexibility index (Phi) is 7.34. The van der Waals surface area contributed by atoms with Gasteiger partial charge in [0.05, 0.1) is 5.39 Å². The van der Waals surface area contributed by atoms with E-state index in [-0.39, 0.29) is 11.9 Å². The Morgan fingerprint density at radius 1 is 0.971 bits per heavy atom. The van der Waals surface area contributed by atoms with Crippen LogP contribution in [0.25, 0.3) is 11.0 Å². The van der Waals surface area contributed by atoms with Gasteiger partial charge in [0.15, 0.2) is 11.3 Å². The first kappa shape index (κ1) is 23.5. The first-order valence-corrected chi connectivity index (χ1v) is 13.4. The Labute approximate surface area is 203 Å². The normalized spacial score (nSPS) is 23.5. The summed E-state index contributed by atoms with van der Waals surface area (Å²) in [5.41, 5.74) is 1.29. The summed E-state index contributed by atoms with van der Waals surface area (Å²) in [6, 6.07) is 5.05. The summed E-state index contributed by atoms with van der Waals surface area (Å²) in [7, 11) is 1.89. The minimum Gasteiger partial charge on any atom is -0.357 e. The summed E-state index contributed by atoms with van der Waals surface area (Å²) in [6.45, 7) is 10.1. The lowest BCUT2D eigenvalue weighted by Gasteiger charge is -2.33. The van der Waals surface area contributed by atoms with Crippen LogP contribution in [0.1, 0.15) is 68.8 Å². The van der Waals surface area contributed by atoms with Gasteiger partial charge in [-0.05, 0) is 64.1 Å². The van der Waals surface area contributed by atoms with Crippen molar-refractivity contribution in [3.8, 4) is 0 Å². The van der Waals surface area contributed by atoms with E-state index in [2.05, 4.69) is 38.1 Å². The van der Waals surface area contributed by atoms with E-state index in [9.17, 15) is 4.79 Å². The number of hydrogen-bond acceptors (Lipinski definition) is 6. The minimum absolute atomic E-state index is 0.0701. The van der Waals surface area contributed by atoms with Crippen LogP contribution in [0.15, 0.2) is 12.1 Å². The van der Waals surface area contributed by atoms with Crippen LogP contribution in [-0.2, 0) is 7.05 Å². The standard InChI is InChI=1S/C26H41N7O/c1-20-8-7-15-32(20)19-18-31-16-11-21(12-17-31)27-26(34)24-22-9-10-23(28-25(22)30(2)29-24)33-13-5-3-4-6-14-33/h9-10,20-21H,3-8,11-19H2,1-2H3,(H,27,34). The predicted octanol–water partition coefficient (Wildman–Crippen LogP) is 3.03. The van der Waals surface area contributed by atoms with Crippen molar-refractivity contribution in [2.45, 2.75) is 70.4 Å². The number of nitrogens with zero attached hydrogens (tertiary/aromatic N) is 6. The molecule has 1 atom stereocenters. The number of pyridine rings is 1. The first-order valence-electron chi connectivity index (χ1n) is 13.4. The zero-order valence-electron chi connectivity index (χ0n) is 21.0. The van der Waals surface area contributed by atoms with Crippen molar-refractivity contribution in [2.24, 2.45) is 7.05 Å². The van der Waals surface area contributed by atoms with Crippen molar-refractivity contribution in [1.29, 1.82) is 0 Å². The highest BCUT2D eigenvalue weighted by molar-refractivity contribution is 6.04. The van der Waals surface area contributed by atoms with E-state index in [1.165, 1.54) is 51.6 Å². The van der Waals surface area contributed by atoms with Crippen LogP contribution >= 0.6 is 0 Å². The van der Waals surface area contributed by atoms with Crippen molar-refractivity contribution in [3.05, 3.63) is 17.8 Å². The maximum absolute atomic E-state index is 13.1. The van der Waals surface area contributed by atoms with Gasteiger partial charge in [0.1, 0.15) is 5.82 Å². The largest absolute Gasteiger partial charge is 0.357 e. The molecule has 3 aliphatic rings. The van der Waals surface area contributed by atoms with Crippen LogP contribution in [0.3, 0.4) is 0 Å². The molecule has 3 fully saturated rings. The van der Waals surface area contributed by atoms with Gasteiger partial charge < -0.3 is 15.1 Å². The summed E-state index contributed by atoms with van der Waals surface area (Å²) >= 11 is 0. The minimum atomic E-state index is -0.0701. The van der Waals surface area contributed by atoms with Crippen LogP contribution in [0.5, 0.6) is 0 Å². The molecule has 186 valence electrons. The third kappa shape index (κ3) is 5.23. The van der Waals surface area contributed by atoms with Crippen molar-refractivity contribution in [1.82, 2.24) is 29.9 Å². The fourth-order valence-electron chi connectivity index (χ4n) is 5.91. The molecule has 5 rings (SSSR count). The second-order valence-electron chi connectivity index (χ2n) is 10.5. The van der Waals surface area contributed by atoms with Gasteiger partial charge in [0.2, 0.25) is 0 Å². The van der Waals surface area contributed by atoms with E-state index < -0.39 is 0 Å². The van der Waals surface area contributed by atoms with Gasteiger partial charge in [-0.1, -0.05) is 12.8 Å². The smallest absolute Gasteiger partial charge is 0.272 e. The maximum Gasteiger partial charge on any atom is 0.272 e. The number of nitrogens with one attached hydrogen (secondary N) is 1. The summed E-state index contributed by atoms with van der Waals surface area (Å²) in [4.78, 5) is 25.6. The molecule has 1 N–H and O–H groups in total. The fraction of sp³-hybridized carbons (Fsp3) is 0.731. The molecular formula is C26H41N7O. The number of carbonyl (C=O) groups is 1. The van der Waals surface area contributed by atoms with Gasteiger partial charge in [0, 0.05) is 58.4 Å². The maximum atomic E-state index is 13.1. The van der Waals surface area contributed by atoms with Crippen molar-refractivity contribution >= 4 is 22.8 Å². The third-order valence-corrected chi connectivity index (χ3v) is 8.13. The Morgan fingerprint density at radius 3 is 2.44 bits per heavy atom. The molecule has 0 saturated carbocycles.